The van der Waals surface area contributed by atoms with E-state index in [0.29, 0.717) is 0 Å². The molecule has 0 spiro atoms. The molecule has 0 fully saturated rings. The van der Waals surface area contributed by atoms with Gasteiger partial charge in [-0.1, -0.05) is 140 Å². The Kier molecular flexibility index (Phi) is 5.87. The van der Waals surface area contributed by atoms with E-state index in [1.54, 1.807) is 0 Å². The van der Waals surface area contributed by atoms with Crippen LogP contribution >= 0.6 is 0 Å². The van der Waals surface area contributed by atoms with Crippen LogP contribution in [0.3, 0.4) is 0 Å². The van der Waals surface area contributed by atoms with Crippen molar-refractivity contribution in [1.82, 2.24) is 9.55 Å². The summed E-state index contributed by atoms with van der Waals surface area (Å²) in [5, 5.41) is 6.97. The normalized spacial score (nSPS) is 11.8. The maximum Gasteiger partial charge on any atom is 0.149 e. The monoisotopic (exact) mass is 612 g/mol. The summed E-state index contributed by atoms with van der Waals surface area (Å²) in [6.07, 6.45) is 0. The predicted octanol–water partition coefficient (Wildman–Crippen LogP) is 12.2. The summed E-state index contributed by atoms with van der Waals surface area (Å²) >= 11 is 0. The molecule has 0 radical (unpaired) electrons. The Morgan fingerprint density at radius 1 is 0.458 bits per heavy atom. The van der Waals surface area contributed by atoms with E-state index in [4.69, 9.17) is 9.40 Å². The minimum Gasteiger partial charge on any atom is -0.455 e. The molecule has 10 aromatic rings. The fourth-order valence-corrected chi connectivity index (χ4v) is 7.39. The van der Waals surface area contributed by atoms with Crippen LogP contribution in [0.15, 0.2) is 174 Å². The first kappa shape index (κ1) is 26.7. The molecular weight excluding hydrogens is 585 g/mol. The van der Waals surface area contributed by atoms with Gasteiger partial charge in [-0.05, 0) is 68.7 Å². The van der Waals surface area contributed by atoms with Gasteiger partial charge in [0.1, 0.15) is 17.0 Å². The van der Waals surface area contributed by atoms with Gasteiger partial charge in [0.25, 0.3) is 0 Å². The van der Waals surface area contributed by atoms with E-state index in [0.717, 1.165) is 72.1 Å². The molecular formula is C45H28N2O. The smallest absolute Gasteiger partial charge is 0.149 e. The lowest BCUT2D eigenvalue weighted by Gasteiger charge is -2.13. The molecule has 0 bridgehead atoms. The van der Waals surface area contributed by atoms with E-state index in [1.165, 1.54) is 21.7 Å². The number of benzene rings is 8. The number of imidazole rings is 1. The van der Waals surface area contributed by atoms with Crippen molar-refractivity contribution in [3.05, 3.63) is 170 Å². The molecule has 0 N–H and O–H groups in total. The molecule has 3 heteroatoms. The molecule has 0 atom stereocenters. The number of rotatable bonds is 4. The third-order valence-electron chi connectivity index (χ3n) is 9.61. The molecule has 8 aromatic carbocycles. The van der Waals surface area contributed by atoms with Crippen LogP contribution in [0.5, 0.6) is 0 Å². The number of aromatic nitrogens is 2. The molecule has 2 aromatic heterocycles. The molecule has 48 heavy (non-hydrogen) atoms. The van der Waals surface area contributed by atoms with Gasteiger partial charge in [-0.3, -0.25) is 4.57 Å². The van der Waals surface area contributed by atoms with Gasteiger partial charge in [0.05, 0.1) is 16.6 Å². The zero-order valence-corrected chi connectivity index (χ0v) is 26.0. The maximum absolute atomic E-state index is 6.77. The fraction of sp³-hybridized carbons (Fsp3) is 0. The maximum atomic E-state index is 6.77. The van der Waals surface area contributed by atoms with E-state index in [-0.39, 0.29) is 0 Å². The largest absolute Gasteiger partial charge is 0.455 e. The second kappa shape index (κ2) is 10.5. The molecule has 0 saturated heterocycles. The van der Waals surface area contributed by atoms with E-state index < -0.39 is 0 Å². The van der Waals surface area contributed by atoms with Crippen LogP contribution in [-0.2, 0) is 0 Å². The highest BCUT2D eigenvalue weighted by molar-refractivity contribution is 6.18. The number of para-hydroxylation sites is 1. The summed E-state index contributed by atoms with van der Waals surface area (Å²) in [4.78, 5) is 5.52. The van der Waals surface area contributed by atoms with Crippen molar-refractivity contribution in [2.45, 2.75) is 0 Å². The highest BCUT2D eigenvalue weighted by Gasteiger charge is 2.23. The summed E-state index contributed by atoms with van der Waals surface area (Å²) in [6, 6.07) is 60.1. The van der Waals surface area contributed by atoms with E-state index in [2.05, 4.69) is 168 Å². The summed E-state index contributed by atoms with van der Waals surface area (Å²) in [5.74, 6) is 0.847. The van der Waals surface area contributed by atoms with Crippen LogP contribution in [0.2, 0.25) is 0 Å². The molecule has 0 aliphatic carbocycles. The molecule has 0 amide bonds. The average molecular weight is 613 g/mol. The third kappa shape index (κ3) is 4.04. The summed E-state index contributed by atoms with van der Waals surface area (Å²) in [7, 11) is 0. The van der Waals surface area contributed by atoms with Crippen LogP contribution in [-0.4, -0.2) is 9.55 Å². The number of fused-ring (bicyclic) bond motifs is 8. The average Bonchev–Trinajstić information content (AvgIpc) is 3.75. The summed E-state index contributed by atoms with van der Waals surface area (Å²) < 4.78 is 9.08. The summed E-state index contributed by atoms with van der Waals surface area (Å²) in [5.41, 5.74) is 10.3. The quantitative estimate of drug-likeness (QED) is 0.185. The van der Waals surface area contributed by atoms with Crippen molar-refractivity contribution in [2.24, 2.45) is 0 Å². The SMILES string of the molecule is c1ccc(-c2cccc(-n3c(-c4ccc(-c5ccccc5)c5c4oc4ccccc45)nc4c5ccc6ccccc6c5ccc43)c2)cc1. The van der Waals surface area contributed by atoms with Gasteiger partial charge in [-0.2, -0.15) is 0 Å². The van der Waals surface area contributed by atoms with Crippen molar-refractivity contribution in [3.8, 4) is 39.3 Å². The Bertz CT molecular complexity index is 2830. The van der Waals surface area contributed by atoms with Crippen molar-refractivity contribution in [2.75, 3.05) is 0 Å². The zero-order valence-electron chi connectivity index (χ0n) is 26.0. The number of hydrogen-bond donors (Lipinski definition) is 0. The summed E-state index contributed by atoms with van der Waals surface area (Å²) in [6.45, 7) is 0. The Morgan fingerprint density at radius 3 is 2.00 bits per heavy atom. The predicted molar refractivity (Wildman–Crippen MR) is 200 cm³/mol. The lowest BCUT2D eigenvalue weighted by Crippen LogP contribution is -1.98. The first-order chi connectivity index (χ1) is 23.8. The lowest BCUT2D eigenvalue weighted by atomic mass is 9.97. The first-order valence-corrected chi connectivity index (χ1v) is 16.3. The third-order valence-corrected chi connectivity index (χ3v) is 9.61. The van der Waals surface area contributed by atoms with E-state index >= 15 is 0 Å². The van der Waals surface area contributed by atoms with Gasteiger partial charge in [-0.15, -0.1) is 0 Å². The fourth-order valence-electron chi connectivity index (χ4n) is 7.39. The molecule has 224 valence electrons. The molecule has 10 rings (SSSR count). The van der Waals surface area contributed by atoms with Crippen molar-refractivity contribution >= 4 is 54.5 Å². The Balaban J connectivity index is 1.32. The topological polar surface area (TPSA) is 31.0 Å². The van der Waals surface area contributed by atoms with E-state index in [9.17, 15) is 0 Å². The van der Waals surface area contributed by atoms with Crippen LogP contribution in [0.4, 0.5) is 0 Å². The standard InChI is InChI=1S/C45H28N2O/c1-3-12-29(13-4-1)32-17-11-18-33(28-32)47-40-27-26-36-34-19-8-7-16-31(34)22-23-37(36)43(40)46-45(47)39-25-24-35(30-14-5-2-6-15-30)42-38-20-9-10-21-41(38)48-44(39)42/h1-28H. The van der Waals surface area contributed by atoms with Gasteiger partial charge in [0, 0.05) is 21.8 Å². The minimum absolute atomic E-state index is 0.836. The van der Waals surface area contributed by atoms with Gasteiger partial charge >= 0.3 is 0 Å². The van der Waals surface area contributed by atoms with Crippen LogP contribution in [0.1, 0.15) is 0 Å². The molecule has 0 aliphatic heterocycles. The highest BCUT2D eigenvalue weighted by atomic mass is 16.3. The second-order valence-corrected chi connectivity index (χ2v) is 12.3. The Hall–Kier alpha value is -6.45. The Labute approximate surface area is 277 Å². The number of hydrogen-bond acceptors (Lipinski definition) is 2. The van der Waals surface area contributed by atoms with E-state index in [1.807, 2.05) is 6.07 Å². The lowest BCUT2D eigenvalue weighted by molar-refractivity contribution is 0.669. The molecule has 2 heterocycles. The van der Waals surface area contributed by atoms with Gasteiger partial charge in [0.2, 0.25) is 0 Å². The zero-order chi connectivity index (χ0) is 31.6. The molecule has 0 aliphatic rings. The van der Waals surface area contributed by atoms with Gasteiger partial charge < -0.3 is 4.42 Å². The van der Waals surface area contributed by atoms with Crippen molar-refractivity contribution in [1.29, 1.82) is 0 Å². The van der Waals surface area contributed by atoms with Crippen molar-refractivity contribution < 1.29 is 4.42 Å². The van der Waals surface area contributed by atoms with Crippen LogP contribution in [0, 0.1) is 0 Å². The van der Waals surface area contributed by atoms with Gasteiger partial charge in [-0.25, -0.2) is 4.98 Å². The molecule has 0 unspecified atom stereocenters. The number of furan rings is 1. The Morgan fingerprint density at radius 2 is 1.15 bits per heavy atom. The van der Waals surface area contributed by atoms with Crippen LogP contribution < -0.4 is 0 Å². The molecule has 0 saturated carbocycles. The second-order valence-electron chi connectivity index (χ2n) is 12.3. The van der Waals surface area contributed by atoms with Gasteiger partial charge in [0.15, 0.2) is 0 Å². The van der Waals surface area contributed by atoms with Crippen LogP contribution in [0.25, 0.3) is 93.8 Å². The minimum atomic E-state index is 0.836. The molecule has 3 nitrogen and oxygen atoms in total. The first-order valence-electron chi connectivity index (χ1n) is 16.3. The van der Waals surface area contributed by atoms with Crippen molar-refractivity contribution in [3.63, 3.8) is 0 Å². The number of nitrogens with zero attached hydrogens (tertiary/aromatic N) is 2. The highest BCUT2D eigenvalue weighted by Crippen LogP contribution is 2.43.